The summed E-state index contributed by atoms with van der Waals surface area (Å²) in [6.07, 6.45) is 7.04. The zero-order chi connectivity index (χ0) is 26.8. The number of nitrogens with one attached hydrogen (secondary N) is 1. The van der Waals surface area contributed by atoms with Crippen molar-refractivity contribution < 1.29 is 9.32 Å². The Morgan fingerprint density at radius 2 is 1.82 bits per heavy atom. The lowest BCUT2D eigenvalue weighted by atomic mass is 10.1. The molecule has 38 heavy (non-hydrogen) atoms. The maximum absolute atomic E-state index is 12.9. The molecule has 4 aromatic rings. The van der Waals surface area contributed by atoms with Gasteiger partial charge in [-0.3, -0.25) is 25.0 Å². The highest BCUT2D eigenvalue weighted by Crippen LogP contribution is 2.25. The Bertz CT molecular complexity index is 1420. The molecular formula is C27H33N9O2. The molecule has 11 heteroatoms. The van der Waals surface area contributed by atoms with Crippen molar-refractivity contribution in [2.24, 2.45) is 0 Å². The first-order valence-electron chi connectivity index (χ1n) is 12.9. The topological polar surface area (TPSA) is 118 Å². The lowest BCUT2D eigenvalue weighted by Crippen LogP contribution is -2.48. The quantitative estimate of drug-likeness (QED) is 0.390. The second-order valence-corrected chi connectivity index (χ2v) is 10.2. The van der Waals surface area contributed by atoms with Crippen LogP contribution in [0.3, 0.4) is 0 Å². The number of pyridine rings is 2. The highest BCUT2D eigenvalue weighted by molar-refractivity contribution is 6.03. The highest BCUT2D eigenvalue weighted by Gasteiger charge is 2.20. The number of aryl methyl sites for hydroxylation is 1. The number of hydrogen-bond donors (Lipinski definition) is 1. The standard InChI is InChI=1S/C27H33N9O2/c1-17(2)23-12-26(38-32-23)30-27(37)21-11-25(19(5)29-14-21)36-16-24(31-33-36)20-10-22(15-28-13-20)35-8-6-34(7-9-35)18(3)4/h10-18H,6-9H2,1-5H3,(H,30,37). The molecule has 0 radical (unpaired) electrons. The van der Waals surface area contributed by atoms with Crippen LogP contribution in [0.5, 0.6) is 0 Å². The number of piperazine rings is 1. The highest BCUT2D eigenvalue weighted by atomic mass is 16.5. The first kappa shape index (κ1) is 25.5. The molecule has 0 aromatic carbocycles. The van der Waals surface area contributed by atoms with E-state index in [0.717, 1.165) is 48.8 Å². The molecule has 198 valence electrons. The van der Waals surface area contributed by atoms with Crippen molar-refractivity contribution >= 4 is 17.5 Å². The molecule has 1 aliphatic heterocycles. The minimum absolute atomic E-state index is 0.199. The SMILES string of the molecule is Cc1ncc(C(=O)Nc2cc(C(C)C)no2)cc1-n1cc(-c2cncc(N3CCN(C(C)C)CC3)c2)nn1. The average Bonchev–Trinajstić information content (AvgIpc) is 3.59. The van der Waals surface area contributed by atoms with Gasteiger partial charge in [0, 0.05) is 56.2 Å². The van der Waals surface area contributed by atoms with Crippen molar-refractivity contribution in [2.75, 3.05) is 36.4 Å². The summed E-state index contributed by atoms with van der Waals surface area (Å²) in [6.45, 7) is 14.3. The van der Waals surface area contributed by atoms with Crippen LogP contribution in [0.25, 0.3) is 16.9 Å². The van der Waals surface area contributed by atoms with Crippen LogP contribution in [0, 0.1) is 6.92 Å². The number of aromatic nitrogens is 6. The second-order valence-electron chi connectivity index (χ2n) is 10.2. The van der Waals surface area contributed by atoms with Gasteiger partial charge >= 0.3 is 0 Å². The van der Waals surface area contributed by atoms with Gasteiger partial charge in [-0.2, -0.15) is 0 Å². The van der Waals surface area contributed by atoms with Gasteiger partial charge in [-0.05, 0) is 38.8 Å². The Kier molecular flexibility index (Phi) is 7.19. The predicted octanol–water partition coefficient (Wildman–Crippen LogP) is 3.93. The normalized spacial score (nSPS) is 14.4. The molecule has 0 aliphatic carbocycles. The van der Waals surface area contributed by atoms with E-state index in [9.17, 15) is 4.79 Å². The van der Waals surface area contributed by atoms with E-state index in [1.54, 1.807) is 23.0 Å². The number of carbonyl (C=O) groups is 1. The Balaban J connectivity index is 1.33. The summed E-state index contributed by atoms with van der Waals surface area (Å²) in [5, 5.41) is 15.4. The molecule has 1 fully saturated rings. The van der Waals surface area contributed by atoms with Crippen LogP contribution in [0.15, 0.2) is 47.5 Å². The number of carbonyl (C=O) groups excluding carboxylic acids is 1. The third-order valence-corrected chi connectivity index (χ3v) is 6.85. The van der Waals surface area contributed by atoms with Crippen LogP contribution in [0.4, 0.5) is 11.6 Å². The molecule has 1 amide bonds. The van der Waals surface area contributed by atoms with E-state index < -0.39 is 0 Å². The Morgan fingerprint density at radius 1 is 1.03 bits per heavy atom. The summed E-state index contributed by atoms with van der Waals surface area (Å²) in [5.41, 5.74) is 5.16. The van der Waals surface area contributed by atoms with Crippen LogP contribution < -0.4 is 10.2 Å². The molecular weight excluding hydrogens is 482 g/mol. The van der Waals surface area contributed by atoms with Crippen LogP contribution >= 0.6 is 0 Å². The van der Waals surface area contributed by atoms with Crippen molar-refractivity contribution in [3.8, 4) is 16.9 Å². The number of anilines is 2. The summed E-state index contributed by atoms with van der Waals surface area (Å²) in [5.74, 6) is 0.145. The fraction of sp³-hybridized carbons (Fsp3) is 0.407. The van der Waals surface area contributed by atoms with Gasteiger partial charge in [0.05, 0.1) is 40.7 Å². The largest absolute Gasteiger partial charge is 0.368 e. The lowest BCUT2D eigenvalue weighted by molar-refractivity contribution is 0.102. The summed E-state index contributed by atoms with van der Waals surface area (Å²) in [6, 6.07) is 6.11. The van der Waals surface area contributed by atoms with E-state index in [-0.39, 0.29) is 11.8 Å². The Hall–Kier alpha value is -4.12. The number of nitrogens with zero attached hydrogens (tertiary/aromatic N) is 8. The van der Waals surface area contributed by atoms with Gasteiger partial charge in [-0.1, -0.05) is 24.2 Å². The van der Waals surface area contributed by atoms with Crippen LogP contribution in [-0.4, -0.2) is 73.1 Å². The number of rotatable bonds is 7. The molecule has 1 aliphatic rings. The van der Waals surface area contributed by atoms with Gasteiger partial charge in [0.2, 0.25) is 5.88 Å². The molecule has 11 nitrogen and oxygen atoms in total. The van der Waals surface area contributed by atoms with E-state index in [0.29, 0.717) is 28.9 Å². The van der Waals surface area contributed by atoms with E-state index in [1.807, 2.05) is 33.2 Å². The third-order valence-electron chi connectivity index (χ3n) is 6.85. The zero-order valence-corrected chi connectivity index (χ0v) is 22.4. The summed E-state index contributed by atoms with van der Waals surface area (Å²) in [4.78, 5) is 26.6. The Labute approximate surface area is 221 Å². The maximum Gasteiger partial charge on any atom is 0.259 e. The number of amides is 1. The second kappa shape index (κ2) is 10.7. The fourth-order valence-electron chi connectivity index (χ4n) is 4.43. The molecule has 5 rings (SSSR count). The third kappa shape index (κ3) is 5.42. The van der Waals surface area contributed by atoms with Gasteiger partial charge in [-0.15, -0.1) is 5.10 Å². The van der Waals surface area contributed by atoms with Gasteiger partial charge in [0.25, 0.3) is 5.91 Å². The summed E-state index contributed by atoms with van der Waals surface area (Å²) >= 11 is 0. The monoisotopic (exact) mass is 515 g/mol. The molecule has 0 spiro atoms. The molecule has 5 heterocycles. The first-order chi connectivity index (χ1) is 18.3. The molecule has 1 saturated heterocycles. The number of hydrogen-bond acceptors (Lipinski definition) is 9. The van der Waals surface area contributed by atoms with E-state index in [1.165, 1.54) is 6.20 Å². The summed E-state index contributed by atoms with van der Waals surface area (Å²) in [7, 11) is 0. The van der Waals surface area contributed by atoms with Crippen molar-refractivity contribution in [1.29, 1.82) is 0 Å². The summed E-state index contributed by atoms with van der Waals surface area (Å²) < 4.78 is 6.87. The molecule has 0 unspecified atom stereocenters. The molecule has 4 aromatic heterocycles. The Morgan fingerprint density at radius 3 is 2.53 bits per heavy atom. The van der Waals surface area contributed by atoms with Gasteiger partial charge in [0.1, 0.15) is 5.69 Å². The fourth-order valence-corrected chi connectivity index (χ4v) is 4.43. The zero-order valence-electron chi connectivity index (χ0n) is 22.4. The van der Waals surface area contributed by atoms with Crippen molar-refractivity contribution in [3.63, 3.8) is 0 Å². The van der Waals surface area contributed by atoms with Gasteiger partial charge in [-0.25, -0.2) is 4.68 Å². The maximum atomic E-state index is 12.9. The minimum Gasteiger partial charge on any atom is -0.368 e. The van der Waals surface area contributed by atoms with Gasteiger partial charge < -0.3 is 9.42 Å². The van der Waals surface area contributed by atoms with E-state index in [4.69, 9.17) is 4.52 Å². The molecule has 1 N–H and O–H groups in total. The van der Waals surface area contributed by atoms with Crippen molar-refractivity contribution in [1.82, 2.24) is 35.0 Å². The predicted molar refractivity (Wildman–Crippen MR) is 145 cm³/mol. The molecule has 0 saturated carbocycles. The van der Waals surface area contributed by atoms with Crippen LogP contribution in [0.2, 0.25) is 0 Å². The van der Waals surface area contributed by atoms with Crippen LogP contribution in [0.1, 0.15) is 55.4 Å². The minimum atomic E-state index is -0.347. The van der Waals surface area contributed by atoms with E-state index >= 15 is 0 Å². The van der Waals surface area contributed by atoms with Crippen molar-refractivity contribution in [3.05, 3.63) is 59.9 Å². The lowest BCUT2D eigenvalue weighted by Gasteiger charge is -2.38. The molecule has 0 atom stereocenters. The molecule has 0 bridgehead atoms. The van der Waals surface area contributed by atoms with Crippen molar-refractivity contribution in [2.45, 2.75) is 46.6 Å². The van der Waals surface area contributed by atoms with Crippen LogP contribution in [-0.2, 0) is 0 Å². The van der Waals surface area contributed by atoms with E-state index in [2.05, 4.69) is 60.5 Å². The first-order valence-corrected chi connectivity index (χ1v) is 12.9. The average molecular weight is 516 g/mol. The van der Waals surface area contributed by atoms with Gasteiger partial charge in [0.15, 0.2) is 0 Å². The smallest absolute Gasteiger partial charge is 0.259 e.